The van der Waals surface area contributed by atoms with Crippen LogP contribution in [0, 0.1) is 19.9 Å². The van der Waals surface area contributed by atoms with E-state index >= 15 is 0 Å². The van der Waals surface area contributed by atoms with Gasteiger partial charge in [0.2, 0.25) is 5.24 Å². The maximum Gasteiger partial charge on any atom is 1.00 e. The Morgan fingerprint density at radius 1 is 0.786 bits per heavy atom. The zero-order valence-electron chi connectivity index (χ0n) is 23.1. The number of pyridine rings is 3. The quantitative estimate of drug-likeness (QED) is 0.155. The molecule has 0 unspecified atom stereocenters. The molecule has 0 saturated carbocycles. The molecule has 6 rings (SSSR count). The molecule has 5 aromatic heterocycles. The number of ether oxygens (including phenoxy) is 1. The fourth-order valence-corrected chi connectivity index (χ4v) is 3.64. The van der Waals surface area contributed by atoms with Crippen molar-refractivity contribution in [1.82, 2.24) is 34.5 Å². The molecule has 0 aliphatic rings. The van der Waals surface area contributed by atoms with Crippen LogP contribution in [0.4, 0.5) is 0 Å². The van der Waals surface area contributed by atoms with Gasteiger partial charge in [0.25, 0.3) is 0 Å². The molecule has 0 atom stereocenters. The van der Waals surface area contributed by atoms with E-state index < -0.39 is 5.24 Å². The average Bonchev–Trinajstić information content (AvgIpc) is 3.74. The number of aryl methyl sites for hydroxylation is 2. The summed E-state index contributed by atoms with van der Waals surface area (Å²) in [6, 6.07) is 23.1. The molecule has 0 saturated heterocycles. The third-order valence-corrected chi connectivity index (χ3v) is 5.77. The first-order valence-electron chi connectivity index (χ1n) is 12.5. The number of methoxy groups -OCH3 is 1. The van der Waals surface area contributed by atoms with E-state index in [1.54, 1.807) is 77.8 Å². The number of carbonyl (C=O) groups is 1. The SMILES string of the molecule is COc1ccnc(-c2[c-]ccc(C(=O)Cl)c2)c1.Cc1ccnc(-n2cccn2)c1.Cc1ccnc(-n2cccn2)c1.[Os+]. The van der Waals surface area contributed by atoms with E-state index in [0.717, 1.165) is 11.6 Å². The molecule has 0 bridgehead atoms. The van der Waals surface area contributed by atoms with Crippen LogP contribution in [-0.4, -0.2) is 46.9 Å². The molecular formula is C31H27ClN7O2Os. The number of halogens is 1. The van der Waals surface area contributed by atoms with Crippen molar-refractivity contribution in [1.29, 1.82) is 0 Å². The Balaban J connectivity index is 0.000000175. The summed E-state index contributed by atoms with van der Waals surface area (Å²) in [5, 5.41) is 7.67. The molecule has 5 heterocycles. The number of rotatable bonds is 5. The number of hydrogen-bond donors (Lipinski definition) is 0. The Morgan fingerprint density at radius 2 is 1.36 bits per heavy atom. The van der Waals surface area contributed by atoms with Gasteiger partial charge in [-0.15, -0.1) is 29.8 Å². The fraction of sp³-hybridized carbons (Fsp3) is 0.0968. The van der Waals surface area contributed by atoms with Crippen LogP contribution in [-0.2, 0) is 19.8 Å². The standard InChI is InChI=1S/C13H9ClNO2.2C9H9N3.Os/c1-17-11-5-6-15-12(8-11)9-3-2-4-10(7-9)13(14)16;2*1-8-3-5-10-9(7-8)12-6-2-4-11-12;/h2,4-8H,1H3;2*2-7H,1H3;/q-1;;;+1. The molecular weight excluding hydrogens is 728 g/mol. The maximum atomic E-state index is 11.1. The number of benzene rings is 1. The average molecular weight is 755 g/mol. The van der Waals surface area contributed by atoms with Gasteiger partial charge in [0.05, 0.1) is 7.11 Å². The van der Waals surface area contributed by atoms with Crippen molar-refractivity contribution in [3.63, 3.8) is 0 Å². The van der Waals surface area contributed by atoms with Crippen LogP contribution in [0.15, 0.2) is 110 Å². The van der Waals surface area contributed by atoms with Gasteiger partial charge in [-0.2, -0.15) is 10.2 Å². The molecule has 1 aromatic carbocycles. The number of hydrogen-bond acceptors (Lipinski definition) is 7. The first-order valence-corrected chi connectivity index (χ1v) is 12.9. The summed E-state index contributed by atoms with van der Waals surface area (Å²) in [7, 11) is 1.58. The van der Waals surface area contributed by atoms with Crippen LogP contribution in [0.1, 0.15) is 21.5 Å². The largest absolute Gasteiger partial charge is 1.00 e. The first-order chi connectivity index (χ1) is 19.9. The Bertz CT molecular complexity index is 1620. The molecule has 9 nitrogen and oxygen atoms in total. The molecule has 0 fully saturated rings. The Kier molecular flexibility index (Phi) is 12.2. The van der Waals surface area contributed by atoms with Crippen molar-refractivity contribution in [2.45, 2.75) is 13.8 Å². The van der Waals surface area contributed by atoms with Crippen molar-refractivity contribution in [2.75, 3.05) is 7.11 Å². The van der Waals surface area contributed by atoms with E-state index in [0.29, 0.717) is 22.6 Å². The Morgan fingerprint density at radius 3 is 1.83 bits per heavy atom. The van der Waals surface area contributed by atoms with Gasteiger partial charge < -0.3 is 9.72 Å². The molecule has 213 valence electrons. The third kappa shape index (κ3) is 9.27. The minimum Gasteiger partial charge on any atom is -0.497 e. The second-order valence-electron chi connectivity index (χ2n) is 8.63. The molecule has 0 spiro atoms. The third-order valence-electron chi connectivity index (χ3n) is 5.55. The van der Waals surface area contributed by atoms with Gasteiger partial charge in [-0.1, -0.05) is 0 Å². The monoisotopic (exact) mass is 756 g/mol. The summed E-state index contributed by atoms with van der Waals surface area (Å²) < 4.78 is 8.59. The summed E-state index contributed by atoms with van der Waals surface area (Å²) >= 11 is 5.42. The first kappa shape index (κ1) is 32.0. The van der Waals surface area contributed by atoms with Crippen molar-refractivity contribution in [2.24, 2.45) is 0 Å². The maximum absolute atomic E-state index is 11.1. The molecule has 1 radical (unpaired) electrons. The zero-order valence-corrected chi connectivity index (χ0v) is 26.4. The summed E-state index contributed by atoms with van der Waals surface area (Å²) in [5.41, 5.74) is 4.19. The van der Waals surface area contributed by atoms with Crippen LogP contribution in [0.5, 0.6) is 5.75 Å². The predicted octanol–water partition coefficient (Wildman–Crippen LogP) is 6.09. The minimum atomic E-state index is -0.497. The Hall–Kier alpha value is -4.51. The van der Waals surface area contributed by atoms with Crippen LogP contribution in [0.2, 0.25) is 0 Å². The van der Waals surface area contributed by atoms with Crippen LogP contribution < -0.4 is 4.74 Å². The van der Waals surface area contributed by atoms with Gasteiger partial charge in [-0.3, -0.25) is 4.79 Å². The smallest absolute Gasteiger partial charge is 0.497 e. The molecule has 0 N–H and O–H groups in total. The van der Waals surface area contributed by atoms with Crippen molar-refractivity contribution >= 4 is 16.8 Å². The van der Waals surface area contributed by atoms with E-state index in [1.807, 2.05) is 62.6 Å². The van der Waals surface area contributed by atoms with Crippen LogP contribution in [0.25, 0.3) is 22.9 Å². The van der Waals surface area contributed by atoms with Gasteiger partial charge >= 0.3 is 19.8 Å². The minimum absolute atomic E-state index is 0. The van der Waals surface area contributed by atoms with E-state index in [9.17, 15) is 4.79 Å². The topological polar surface area (TPSA) is 101 Å². The van der Waals surface area contributed by atoms with E-state index in [-0.39, 0.29) is 19.8 Å². The predicted molar refractivity (Wildman–Crippen MR) is 157 cm³/mol. The van der Waals surface area contributed by atoms with E-state index in [2.05, 4.69) is 31.2 Å². The number of aromatic nitrogens is 7. The summed E-state index contributed by atoms with van der Waals surface area (Å²) in [6.07, 6.45) is 12.4. The van der Waals surface area contributed by atoms with Gasteiger partial charge in [-0.05, 0) is 96.4 Å². The van der Waals surface area contributed by atoms with E-state index in [4.69, 9.17) is 16.3 Å². The second kappa shape index (κ2) is 16.1. The molecule has 42 heavy (non-hydrogen) atoms. The second-order valence-corrected chi connectivity index (χ2v) is 8.97. The number of carbonyl (C=O) groups excluding carboxylic acids is 1. The normalized spacial score (nSPS) is 9.81. The molecule has 0 amide bonds. The van der Waals surface area contributed by atoms with E-state index in [1.165, 1.54) is 11.1 Å². The number of nitrogens with zero attached hydrogens (tertiary/aromatic N) is 7. The van der Waals surface area contributed by atoms with Crippen molar-refractivity contribution in [3.8, 4) is 28.6 Å². The van der Waals surface area contributed by atoms with Crippen molar-refractivity contribution in [3.05, 3.63) is 133 Å². The Labute approximate surface area is 262 Å². The van der Waals surface area contributed by atoms with Gasteiger partial charge in [0, 0.05) is 43.4 Å². The molecule has 0 aliphatic carbocycles. The summed E-state index contributed by atoms with van der Waals surface area (Å²) in [4.78, 5) is 23.6. The molecule has 11 heteroatoms. The summed E-state index contributed by atoms with van der Waals surface area (Å²) in [6.45, 7) is 4.07. The summed E-state index contributed by atoms with van der Waals surface area (Å²) in [5.74, 6) is 2.42. The molecule has 0 aliphatic heterocycles. The van der Waals surface area contributed by atoms with Crippen LogP contribution in [0.3, 0.4) is 0 Å². The zero-order chi connectivity index (χ0) is 29.0. The van der Waals surface area contributed by atoms with Crippen LogP contribution >= 0.6 is 11.6 Å². The van der Waals surface area contributed by atoms with Crippen molar-refractivity contribution < 1.29 is 29.3 Å². The molecule has 6 aromatic rings. The van der Waals surface area contributed by atoms with Gasteiger partial charge in [0.15, 0.2) is 11.6 Å². The van der Waals surface area contributed by atoms with Gasteiger partial charge in [0.1, 0.15) is 5.75 Å². The fourth-order valence-electron chi connectivity index (χ4n) is 3.52. The van der Waals surface area contributed by atoms with Gasteiger partial charge in [-0.25, -0.2) is 19.3 Å².